The number of ether oxygens (including phenoxy) is 1. The van der Waals surface area contributed by atoms with Gasteiger partial charge in [0.05, 0.1) is 5.37 Å². The number of thioether (sulfide) groups is 1. The molecule has 8 heteroatoms. The lowest BCUT2D eigenvalue weighted by Crippen LogP contribution is -2.45. The summed E-state index contributed by atoms with van der Waals surface area (Å²) in [6, 6.07) is 15.7. The van der Waals surface area contributed by atoms with E-state index in [0.29, 0.717) is 18.6 Å². The van der Waals surface area contributed by atoms with Crippen LogP contribution in [0.1, 0.15) is 49.7 Å². The minimum atomic E-state index is -0.948. The number of carbonyl (C=O) groups excluding carboxylic acids is 2. The minimum absolute atomic E-state index is 0.0181. The molecule has 1 heterocycles. The maximum absolute atomic E-state index is 12.8. The Hall–Kier alpha value is -3.00. The molecule has 3 aliphatic rings. The largest absolute Gasteiger partial charge is 0.480 e. The summed E-state index contributed by atoms with van der Waals surface area (Å²) in [5.74, 6) is -0.477. The third-order valence-electron chi connectivity index (χ3n) is 7.47. The molecule has 2 amide bonds. The summed E-state index contributed by atoms with van der Waals surface area (Å²) < 4.78 is 5.66. The number of benzene rings is 2. The summed E-state index contributed by atoms with van der Waals surface area (Å²) in [6.07, 6.45) is 2.20. The van der Waals surface area contributed by atoms with E-state index in [-0.39, 0.29) is 35.8 Å². The second-order valence-electron chi connectivity index (χ2n) is 9.64. The maximum Gasteiger partial charge on any atom is 0.407 e. The molecule has 2 aromatic rings. The molecule has 35 heavy (non-hydrogen) atoms. The van der Waals surface area contributed by atoms with Crippen LogP contribution in [-0.2, 0) is 14.3 Å². The van der Waals surface area contributed by atoms with Gasteiger partial charge in [-0.2, -0.15) is 0 Å². The first-order chi connectivity index (χ1) is 16.9. The Morgan fingerprint density at radius 2 is 1.71 bits per heavy atom. The second-order valence-corrected chi connectivity index (χ2v) is 11.0. The number of alkyl carbamates (subject to hydrolysis) is 1. The van der Waals surface area contributed by atoms with Crippen molar-refractivity contribution in [3.8, 4) is 11.1 Å². The van der Waals surface area contributed by atoms with E-state index < -0.39 is 18.1 Å². The van der Waals surface area contributed by atoms with Crippen molar-refractivity contribution in [2.45, 2.75) is 56.0 Å². The van der Waals surface area contributed by atoms with Gasteiger partial charge in [-0.05, 0) is 54.4 Å². The number of nitrogens with zero attached hydrogens (tertiary/aromatic N) is 1. The van der Waals surface area contributed by atoms with Crippen molar-refractivity contribution < 1.29 is 24.2 Å². The van der Waals surface area contributed by atoms with E-state index in [1.165, 1.54) is 38.9 Å². The van der Waals surface area contributed by atoms with Crippen LogP contribution in [0.4, 0.5) is 4.79 Å². The molecule has 184 valence electrons. The molecule has 2 aromatic carbocycles. The van der Waals surface area contributed by atoms with Gasteiger partial charge in [-0.3, -0.25) is 4.79 Å². The van der Waals surface area contributed by atoms with Gasteiger partial charge in [0.15, 0.2) is 0 Å². The van der Waals surface area contributed by atoms with Crippen LogP contribution in [0.5, 0.6) is 0 Å². The van der Waals surface area contributed by atoms with Crippen molar-refractivity contribution in [3.05, 3.63) is 59.7 Å². The van der Waals surface area contributed by atoms with Crippen LogP contribution in [-0.4, -0.2) is 57.8 Å². The van der Waals surface area contributed by atoms with Gasteiger partial charge in [0.1, 0.15) is 12.6 Å². The van der Waals surface area contributed by atoms with Crippen LogP contribution in [0.15, 0.2) is 48.5 Å². The molecule has 2 unspecified atom stereocenters. The Bertz CT molecular complexity index is 1090. The van der Waals surface area contributed by atoms with Crippen molar-refractivity contribution in [2.75, 3.05) is 12.4 Å². The average molecular weight is 495 g/mol. The van der Waals surface area contributed by atoms with Crippen LogP contribution < -0.4 is 5.32 Å². The van der Waals surface area contributed by atoms with E-state index in [9.17, 15) is 19.5 Å². The Morgan fingerprint density at radius 1 is 1.06 bits per heavy atom. The Morgan fingerprint density at radius 3 is 2.37 bits per heavy atom. The highest BCUT2D eigenvalue weighted by Gasteiger charge is 2.40. The molecule has 0 radical (unpaired) electrons. The summed E-state index contributed by atoms with van der Waals surface area (Å²) in [5, 5.41) is 12.3. The molecule has 0 aromatic heterocycles. The van der Waals surface area contributed by atoms with Crippen molar-refractivity contribution in [2.24, 2.45) is 5.92 Å². The normalized spacial score (nSPS) is 25.2. The lowest BCUT2D eigenvalue weighted by atomic mass is 9.98. The van der Waals surface area contributed by atoms with E-state index in [1.54, 1.807) is 0 Å². The lowest BCUT2D eigenvalue weighted by Gasteiger charge is -2.26. The predicted molar refractivity (Wildman–Crippen MR) is 134 cm³/mol. The van der Waals surface area contributed by atoms with Crippen molar-refractivity contribution in [1.29, 1.82) is 0 Å². The molecule has 0 bridgehead atoms. The van der Waals surface area contributed by atoms with Crippen molar-refractivity contribution in [3.63, 3.8) is 0 Å². The summed E-state index contributed by atoms with van der Waals surface area (Å²) in [7, 11) is 0. The highest BCUT2D eigenvalue weighted by molar-refractivity contribution is 8.00. The van der Waals surface area contributed by atoms with Crippen LogP contribution in [0.3, 0.4) is 0 Å². The number of carboxylic acids is 1. The zero-order chi connectivity index (χ0) is 24.5. The first kappa shape index (κ1) is 23.7. The van der Waals surface area contributed by atoms with E-state index >= 15 is 0 Å². The molecular formula is C27H30N2O5S. The Kier molecular flexibility index (Phi) is 6.73. The molecule has 7 nitrogen and oxygen atoms in total. The van der Waals surface area contributed by atoms with Gasteiger partial charge in [0, 0.05) is 24.1 Å². The third kappa shape index (κ3) is 4.76. The minimum Gasteiger partial charge on any atom is -0.480 e. The summed E-state index contributed by atoms with van der Waals surface area (Å²) in [5.41, 5.74) is 4.73. The van der Waals surface area contributed by atoms with Crippen LogP contribution in [0.25, 0.3) is 11.1 Å². The van der Waals surface area contributed by atoms with Gasteiger partial charge in [-0.15, -0.1) is 11.8 Å². The summed E-state index contributed by atoms with van der Waals surface area (Å²) in [4.78, 5) is 38.5. The number of rotatable bonds is 6. The third-order valence-corrected chi connectivity index (χ3v) is 8.68. The van der Waals surface area contributed by atoms with E-state index in [4.69, 9.17) is 4.74 Å². The monoisotopic (exact) mass is 494 g/mol. The smallest absolute Gasteiger partial charge is 0.407 e. The molecule has 1 saturated carbocycles. The highest BCUT2D eigenvalue weighted by atomic mass is 32.2. The van der Waals surface area contributed by atoms with Gasteiger partial charge < -0.3 is 20.1 Å². The fourth-order valence-corrected chi connectivity index (χ4v) is 6.95. The number of amides is 2. The number of nitrogens with one attached hydrogen (secondary N) is 1. The van der Waals surface area contributed by atoms with Crippen LogP contribution in [0, 0.1) is 5.92 Å². The standard InChI is InChI=1S/C27H30N2O5S/c1-16-29(24(15-35-16)26(31)32)25(30)13-17-10-11-18(12-17)28-27(33)34-14-23-21-8-4-2-6-19(21)20-7-3-5-9-22(20)23/h2-9,16-18,23-24H,10-15H2,1H3,(H,28,33)(H,31,32)/t16?,17-,18+,24?/m1/s1. The molecule has 2 fully saturated rings. The van der Waals surface area contributed by atoms with Gasteiger partial charge in [-0.1, -0.05) is 48.5 Å². The van der Waals surface area contributed by atoms with E-state index in [2.05, 4.69) is 29.6 Å². The fraction of sp³-hybridized carbons (Fsp3) is 0.444. The van der Waals surface area contributed by atoms with Gasteiger partial charge in [-0.25, -0.2) is 9.59 Å². The molecule has 0 spiro atoms. The molecule has 5 rings (SSSR count). The molecule has 1 aliphatic heterocycles. The van der Waals surface area contributed by atoms with E-state index in [1.807, 2.05) is 31.2 Å². The number of carbonyl (C=O) groups is 3. The number of hydrogen-bond acceptors (Lipinski definition) is 5. The molecule has 1 saturated heterocycles. The molecule has 4 atom stereocenters. The molecular weight excluding hydrogens is 464 g/mol. The Balaban J connectivity index is 1.13. The SMILES string of the molecule is CC1SCC(C(=O)O)N1C(=O)C[C@@H]1CC[C@H](NC(=O)OCC2c3ccccc3-c3ccccc32)C1. The molecule has 2 N–H and O–H groups in total. The molecule has 2 aliphatic carbocycles. The number of carboxylic acid groups (broad SMARTS) is 1. The quantitative estimate of drug-likeness (QED) is 0.616. The van der Waals surface area contributed by atoms with Crippen LogP contribution >= 0.6 is 11.8 Å². The highest BCUT2D eigenvalue weighted by Crippen LogP contribution is 2.44. The maximum atomic E-state index is 12.8. The second kappa shape index (κ2) is 9.93. The lowest BCUT2D eigenvalue weighted by molar-refractivity contribution is -0.149. The zero-order valence-corrected chi connectivity index (χ0v) is 20.5. The predicted octanol–water partition coefficient (Wildman–Crippen LogP) is 4.46. The number of hydrogen-bond donors (Lipinski definition) is 2. The van der Waals surface area contributed by atoms with Crippen molar-refractivity contribution >= 4 is 29.7 Å². The summed E-state index contributed by atoms with van der Waals surface area (Å²) >= 11 is 1.50. The number of fused-ring (bicyclic) bond motifs is 3. The van der Waals surface area contributed by atoms with Gasteiger partial charge in [0.25, 0.3) is 0 Å². The van der Waals surface area contributed by atoms with Gasteiger partial charge >= 0.3 is 12.1 Å². The van der Waals surface area contributed by atoms with Gasteiger partial charge in [0.2, 0.25) is 5.91 Å². The zero-order valence-electron chi connectivity index (χ0n) is 19.7. The van der Waals surface area contributed by atoms with Crippen LogP contribution in [0.2, 0.25) is 0 Å². The topological polar surface area (TPSA) is 95.9 Å². The average Bonchev–Trinajstić information content (AvgIpc) is 3.53. The summed E-state index contributed by atoms with van der Waals surface area (Å²) in [6.45, 7) is 2.15. The van der Waals surface area contributed by atoms with Crippen molar-refractivity contribution in [1.82, 2.24) is 10.2 Å². The fourth-order valence-electron chi connectivity index (χ4n) is 5.76. The Labute approximate surface area is 209 Å². The first-order valence-electron chi connectivity index (χ1n) is 12.2. The first-order valence-corrected chi connectivity index (χ1v) is 13.2. The number of aliphatic carboxylic acids is 1. The van der Waals surface area contributed by atoms with E-state index in [0.717, 1.165) is 12.8 Å².